The van der Waals surface area contributed by atoms with E-state index in [1.54, 1.807) is 7.11 Å². The SMILES string of the molecule is COc1ccccc1CCNCCC(=O)N1CCC2(CC1)OCCO2. The molecule has 25 heavy (non-hydrogen) atoms. The molecule has 2 heterocycles. The molecule has 2 aliphatic heterocycles. The Morgan fingerprint density at radius 1 is 1.20 bits per heavy atom. The molecule has 6 nitrogen and oxygen atoms in total. The standard InChI is InChI=1S/C19H28N2O4/c1-23-17-5-3-2-4-16(17)6-10-20-11-7-18(22)21-12-8-19(9-13-21)24-14-15-25-19/h2-5,20H,6-15H2,1H3. The van der Waals surface area contributed by atoms with E-state index in [-0.39, 0.29) is 5.91 Å². The van der Waals surface area contributed by atoms with Crippen LogP contribution in [-0.2, 0) is 20.7 Å². The van der Waals surface area contributed by atoms with Gasteiger partial charge in [-0.1, -0.05) is 18.2 Å². The van der Waals surface area contributed by atoms with Gasteiger partial charge < -0.3 is 24.4 Å². The lowest BCUT2D eigenvalue weighted by Crippen LogP contribution is -2.47. The van der Waals surface area contributed by atoms with Crippen molar-refractivity contribution in [3.05, 3.63) is 29.8 Å². The molecule has 138 valence electrons. The summed E-state index contributed by atoms with van der Waals surface area (Å²) in [5.41, 5.74) is 1.18. The van der Waals surface area contributed by atoms with Crippen LogP contribution in [0.15, 0.2) is 24.3 Å². The van der Waals surface area contributed by atoms with Crippen molar-refractivity contribution in [1.82, 2.24) is 10.2 Å². The molecule has 1 aromatic rings. The number of ether oxygens (including phenoxy) is 3. The van der Waals surface area contributed by atoms with Gasteiger partial charge in [0.05, 0.1) is 20.3 Å². The van der Waals surface area contributed by atoms with E-state index in [4.69, 9.17) is 14.2 Å². The Hall–Kier alpha value is -1.63. The summed E-state index contributed by atoms with van der Waals surface area (Å²) in [5.74, 6) is 0.709. The van der Waals surface area contributed by atoms with Crippen molar-refractivity contribution in [2.24, 2.45) is 0 Å². The maximum atomic E-state index is 12.3. The summed E-state index contributed by atoms with van der Waals surface area (Å²) in [7, 11) is 1.69. The van der Waals surface area contributed by atoms with E-state index in [1.165, 1.54) is 5.56 Å². The Kier molecular flexibility index (Phi) is 6.29. The minimum Gasteiger partial charge on any atom is -0.496 e. The lowest BCUT2D eigenvalue weighted by Gasteiger charge is -2.37. The van der Waals surface area contributed by atoms with Crippen molar-refractivity contribution in [3.63, 3.8) is 0 Å². The number of benzene rings is 1. The lowest BCUT2D eigenvalue weighted by molar-refractivity contribution is -0.187. The predicted molar refractivity (Wildman–Crippen MR) is 94.6 cm³/mol. The van der Waals surface area contributed by atoms with Gasteiger partial charge >= 0.3 is 0 Å². The number of amides is 1. The molecule has 6 heteroatoms. The third-order valence-electron chi connectivity index (χ3n) is 4.97. The third kappa shape index (κ3) is 4.71. The Morgan fingerprint density at radius 3 is 2.64 bits per heavy atom. The van der Waals surface area contributed by atoms with E-state index in [2.05, 4.69) is 11.4 Å². The molecule has 1 aromatic carbocycles. The first-order chi connectivity index (χ1) is 12.2. The highest BCUT2D eigenvalue weighted by Gasteiger charge is 2.40. The van der Waals surface area contributed by atoms with Gasteiger partial charge in [-0.25, -0.2) is 0 Å². The molecular formula is C19H28N2O4. The molecular weight excluding hydrogens is 320 g/mol. The second-order valence-electron chi connectivity index (χ2n) is 6.55. The van der Waals surface area contributed by atoms with Crippen LogP contribution >= 0.6 is 0 Å². The molecule has 0 unspecified atom stereocenters. The fraction of sp³-hybridized carbons (Fsp3) is 0.632. The first kappa shape index (κ1) is 18.2. The molecule has 2 fully saturated rings. The molecule has 2 saturated heterocycles. The van der Waals surface area contributed by atoms with Crippen LogP contribution in [0.5, 0.6) is 5.75 Å². The zero-order valence-electron chi connectivity index (χ0n) is 15.0. The Morgan fingerprint density at radius 2 is 1.92 bits per heavy atom. The van der Waals surface area contributed by atoms with Gasteiger partial charge in [-0.3, -0.25) is 4.79 Å². The maximum Gasteiger partial charge on any atom is 0.223 e. The topological polar surface area (TPSA) is 60.0 Å². The summed E-state index contributed by atoms with van der Waals surface area (Å²) < 4.78 is 16.8. The van der Waals surface area contributed by atoms with Crippen LogP contribution in [0.4, 0.5) is 0 Å². The maximum absolute atomic E-state index is 12.3. The number of carbonyl (C=O) groups is 1. The minimum absolute atomic E-state index is 0.206. The van der Waals surface area contributed by atoms with Crippen molar-refractivity contribution in [2.45, 2.75) is 31.5 Å². The molecule has 1 amide bonds. The average molecular weight is 348 g/mol. The zero-order valence-corrected chi connectivity index (χ0v) is 15.0. The summed E-state index contributed by atoms with van der Waals surface area (Å²) in [4.78, 5) is 14.2. The number of piperidine rings is 1. The van der Waals surface area contributed by atoms with Crippen molar-refractivity contribution in [1.29, 1.82) is 0 Å². The largest absolute Gasteiger partial charge is 0.496 e. The number of hydrogen-bond acceptors (Lipinski definition) is 5. The number of likely N-dealkylation sites (tertiary alicyclic amines) is 1. The first-order valence-corrected chi connectivity index (χ1v) is 9.11. The van der Waals surface area contributed by atoms with E-state index >= 15 is 0 Å². The normalized spacial score (nSPS) is 19.3. The second-order valence-corrected chi connectivity index (χ2v) is 6.55. The second kappa shape index (κ2) is 8.65. The molecule has 2 aliphatic rings. The van der Waals surface area contributed by atoms with Crippen molar-refractivity contribution in [3.8, 4) is 5.75 Å². The molecule has 1 N–H and O–H groups in total. The highest BCUT2D eigenvalue weighted by atomic mass is 16.7. The lowest BCUT2D eigenvalue weighted by atomic mass is 10.0. The van der Waals surface area contributed by atoms with E-state index in [9.17, 15) is 4.79 Å². The van der Waals surface area contributed by atoms with Gasteiger partial charge in [-0.05, 0) is 24.6 Å². The van der Waals surface area contributed by atoms with Crippen molar-refractivity contribution < 1.29 is 19.0 Å². The monoisotopic (exact) mass is 348 g/mol. The third-order valence-corrected chi connectivity index (χ3v) is 4.97. The number of carbonyl (C=O) groups excluding carboxylic acids is 1. The molecule has 0 aliphatic carbocycles. The van der Waals surface area contributed by atoms with E-state index in [0.29, 0.717) is 26.2 Å². The Labute approximate surface area is 149 Å². The molecule has 0 radical (unpaired) electrons. The van der Waals surface area contributed by atoms with Gasteiger partial charge in [-0.2, -0.15) is 0 Å². The van der Waals surface area contributed by atoms with E-state index in [0.717, 1.165) is 44.6 Å². The number of methoxy groups -OCH3 is 1. The van der Waals surface area contributed by atoms with Crippen LogP contribution < -0.4 is 10.1 Å². The number of rotatable bonds is 7. The van der Waals surface area contributed by atoms with Crippen molar-refractivity contribution in [2.75, 3.05) is 46.5 Å². The number of nitrogens with one attached hydrogen (secondary N) is 1. The van der Waals surface area contributed by atoms with E-state index < -0.39 is 5.79 Å². The quantitative estimate of drug-likeness (QED) is 0.758. The van der Waals surface area contributed by atoms with Crippen LogP contribution in [0.1, 0.15) is 24.8 Å². The summed E-state index contributed by atoms with van der Waals surface area (Å²) in [6.07, 6.45) is 2.97. The van der Waals surface area contributed by atoms with Crippen LogP contribution in [0.25, 0.3) is 0 Å². The smallest absolute Gasteiger partial charge is 0.223 e. The van der Waals surface area contributed by atoms with Crippen LogP contribution in [0.3, 0.4) is 0 Å². The number of hydrogen-bond donors (Lipinski definition) is 1. The van der Waals surface area contributed by atoms with Gasteiger partial charge in [0.2, 0.25) is 5.91 Å². The van der Waals surface area contributed by atoms with Gasteiger partial charge in [-0.15, -0.1) is 0 Å². The Bertz CT molecular complexity index is 562. The summed E-state index contributed by atoms with van der Waals surface area (Å²) in [6, 6.07) is 8.03. The fourth-order valence-electron chi connectivity index (χ4n) is 3.49. The molecule has 1 spiro atoms. The molecule has 0 aromatic heterocycles. The van der Waals surface area contributed by atoms with Gasteiger partial charge in [0, 0.05) is 38.9 Å². The van der Waals surface area contributed by atoms with Gasteiger partial charge in [0.15, 0.2) is 5.79 Å². The summed E-state index contributed by atoms with van der Waals surface area (Å²) in [5, 5.41) is 3.35. The minimum atomic E-state index is -0.413. The molecule has 0 bridgehead atoms. The van der Waals surface area contributed by atoms with Crippen LogP contribution in [0, 0.1) is 0 Å². The molecule has 0 atom stereocenters. The number of para-hydroxylation sites is 1. The van der Waals surface area contributed by atoms with Crippen LogP contribution in [0.2, 0.25) is 0 Å². The molecule has 0 saturated carbocycles. The predicted octanol–water partition coefficient (Wildman–Crippen LogP) is 1.58. The van der Waals surface area contributed by atoms with Gasteiger partial charge in [0.25, 0.3) is 0 Å². The highest BCUT2D eigenvalue weighted by Crippen LogP contribution is 2.31. The highest BCUT2D eigenvalue weighted by molar-refractivity contribution is 5.76. The van der Waals surface area contributed by atoms with Crippen LogP contribution in [-0.4, -0.2) is 63.1 Å². The van der Waals surface area contributed by atoms with Gasteiger partial charge in [0.1, 0.15) is 5.75 Å². The summed E-state index contributed by atoms with van der Waals surface area (Å²) in [6.45, 7) is 4.31. The summed E-state index contributed by atoms with van der Waals surface area (Å²) >= 11 is 0. The average Bonchev–Trinajstić information content (AvgIpc) is 3.10. The zero-order chi connectivity index (χ0) is 17.5. The van der Waals surface area contributed by atoms with Crippen molar-refractivity contribution >= 4 is 5.91 Å². The van der Waals surface area contributed by atoms with E-state index in [1.807, 2.05) is 23.1 Å². The first-order valence-electron chi connectivity index (χ1n) is 9.11. The molecule has 3 rings (SSSR count). The Balaban J connectivity index is 1.32. The fourth-order valence-corrected chi connectivity index (χ4v) is 3.49. The number of nitrogens with zero attached hydrogens (tertiary/aromatic N) is 1.